The molecule has 0 aromatic heterocycles. The highest BCUT2D eigenvalue weighted by Crippen LogP contribution is 2.48. The number of hydrogen-bond acceptors (Lipinski definition) is 7. The second-order valence-electron chi connectivity index (χ2n) is 12.7. The van der Waals surface area contributed by atoms with E-state index in [1.807, 2.05) is 63.3 Å². The van der Waals surface area contributed by atoms with Crippen LogP contribution >= 0.6 is 0 Å². The van der Waals surface area contributed by atoms with Crippen molar-refractivity contribution < 1.29 is 24.0 Å². The maximum atomic E-state index is 15.1. The molecule has 0 spiro atoms. The molecular formula is C33H52N4O5. The minimum atomic E-state index is -1.34. The van der Waals surface area contributed by atoms with Gasteiger partial charge in [-0.1, -0.05) is 76.6 Å². The van der Waals surface area contributed by atoms with E-state index in [1.165, 1.54) is 0 Å². The van der Waals surface area contributed by atoms with Crippen LogP contribution in [0.25, 0.3) is 6.08 Å². The van der Waals surface area contributed by atoms with Crippen molar-refractivity contribution in [3.63, 3.8) is 0 Å². The highest BCUT2D eigenvalue weighted by atomic mass is 16.8. The Labute approximate surface area is 251 Å². The zero-order chi connectivity index (χ0) is 30.6. The number of rotatable bonds is 15. The van der Waals surface area contributed by atoms with Crippen LogP contribution in [0.15, 0.2) is 36.4 Å². The van der Waals surface area contributed by atoms with Crippen molar-refractivity contribution in [3.05, 3.63) is 42.0 Å². The number of hydrogen-bond donors (Lipinski definition) is 4. The van der Waals surface area contributed by atoms with Crippen LogP contribution in [0.2, 0.25) is 0 Å². The lowest BCUT2D eigenvalue weighted by Crippen LogP contribution is -2.58. The summed E-state index contributed by atoms with van der Waals surface area (Å²) in [4.78, 5) is 48.5. The molecule has 9 heteroatoms. The summed E-state index contributed by atoms with van der Waals surface area (Å²) in [5.74, 6) is 3.25. The minimum Gasteiger partial charge on any atom is -0.350 e. The molecule has 4 atom stereocenters. The number of carbonyl (C=O) groups is 3. The SMILES string of the molecule is CCCC(CC(C)C)(C(=O)NN)C(=O)[C@H]([C@H](C/C=C/c1ccccc1)C(=O)NOC1CCCCO1)C1(C)CCNCC1. The molecular weight excluding hydrogens is 532 g/mol. The van der Waals surface area contributed by atoms with Crippen molar-refractivity contribution in [2.24, 2.45) is 34.4 Å². The van der Waals surface area contributed by atoms with E-state index in [0.29, 0.717) is 51.6 Å². The second-order valence-corrected chi connectivity index (χ2v) is 12.7. The van der Waals surface area contributed by atoms with E-state index < -0.39 is 34.9 Å². The molecule has 2 heterocycles. The number of hydroxylamine groups is 1. The predicted molar refractivity (Wildman–Crippen MR) is 164 cm³/mol. The molecule has 2 aliphatic heterocycles. The van der Waals surface area contributed by atoms with E-state index in [4.69, 9.17) is 15.4 Å². The number of ether oxygens (including phenoxy) is 1. The van der Waals surface area contributed by atoms with Gasteiger partial charge in [0.05, 0.1) is 5.92 Å². The average Bonchev–Trinajstić information content (AvgIpc) is 2.99. The zero-order valence-electron chi connectivity index (χ0n) is 26.0. The maximum absolute atomic E-state index is 15.1. The number of ketones is 1. The highest BCUT2D eigenvalue weighted by Gasteiger charge is 2.55. The third-order valence-electron chi connectivity index (χ3n) is 8.92. The molecule has 1 aromatic carbocycles. The van der Waals surface area contributed by atoms with Gasteiger partial charge in [0.25, 0.3) is 0 Å². The van der Waals surface area contributed by atoms with Gasteiger partial charge in [0, 0.05) is 18.9 Å². The van der Waals surface area contributed by atoms with Crippen LogP contribution in [0.4, 0.5) is 0 Å². The van der Waals surface area contributed by atoms with Crippen molar-refractivity contribution in [1.29, 1.82) is 0 Å². The first-order valence-corrected chi connectivity index (χ1v) is 15.7. The second kappa shape index (κ2) is 16.3. The van der Waals surface area contributed by atoms with Crippen LogP contribution in [0.1, 0.15) is 91.0 Å². The van der Waals surface area contributed by atoms with Crippen molar-refractivity contribution in [1.82, 2.24) is 16.2 Å². The molecule has 2 aliphatic rings. The largest absolute Gasteiger partial charge is 0.350 e. The van der Waals surface area contributed by atoms with E-state index in [2.05, 4.69) is 23.1 Å². The first kappa shape index (κ1) is 33.9. The van der Waals surface area contributed by atoms with Crippen molar-refractivity contribution in [2.45, 2.75) is 91.8 Å². The number of piperidine rings is 1. The summed E-state index contributed by atoms with van der Waals surface area (Å²) in [7, 11) is 0. The Morgan fingerprint density at radius 2 is 1.90 bits per heavy atom. The Bertz CT molecular complexity index is 1030. The molecule has 9 nitrogen and oxygen atoms in total. The monoisotopic (exact) mass is 584 g/mol. The topological polar surface area (TPSA) is 132 Å². The normalized spacial score (nSPS) is 21.8. The van der Waals surface area contributed by atoms with Gasteiger partial charge in [-0.25, -0.2) is 16.2 Å². The van der Waals surface area contributed by atoms with Gasteiger partial charge in [0.2, 0.25) is 11.8 Å². The molecule has 0 radical (unpaired) electrons. The summed E-state index contributed by atoms with van der Waals surface area (Å²) in [6, 6.07) is 9.86. The molecule has 0 bridgehead atoms. The fourth-order valence-electron chi connectivity index (χ4n) is 6.81. The van der Waals surface area contributed by atoms with Gasteiger partial charge < -0.3 is 10.1 Å². The number of carbonyl (C=O) groups excluding carboxylic acids is 3. The average molecular weight is 585 g/mol. The molecule has 1 aromatic rings. The number of amides is 2. The summed E-state index contributed by atoms with van der Waals surface area (Å²) in [5, 5.41) is 3.40. The fourth-order valence-corrected chi connectivity index (χ4v) is 6.81. The number of allylic oxidation sites excluding steroid dienone is 1. The fraction of sp³-hybridized carbons (Fsp3) is 0.667. The van der Waals surface area contributed by atoms with E-state index in [1.54, 1.807) is 0 Å². The summed E-state index contributed by atoms with van der Waals surface area (Å²) in [6.07, 6.45) is 9.07. The van der Waals surface area contributed by atoms with Crippen LogP contribution in [0.5, 0.6) is 0 Å². The Morgan fingerprint density at radius 1 is 1.19 bits per heavy atom. The molecule has 2 fully saturated rings. The Hall–Kier alpha value is -2.59. The number of nitrogens with one attached hydrogen (secondary N) is 3. The van der Waals surface area contributed by atoms with E-state index in [9.17, 15) is 9.59 Å². The lowest BCUT2D eigenvalue weighted by atomic mass is 9.57. The summed E-state index contributed by atoms with van der Waals surface area (Å²) >= 11 is 0. The Balaban J connectivity index is 2.07. The molecule has 2 unspecified atom stereocenters. The number of benzene rings is 1. The lowest BCUT2D eigenvalue weighted by Gasteiger charge is -2.47. The van der Waals surface area contributed by atoms with Gasteiger partial charge in [-0.15, -0.1) is 0 Å². The number of nitrogens with two attached hydrogens (primary N) is 1. The van der Waals surface area contributed by atoms with Crippen LogP contribution in [0, 0.1) is 28.6 Å². The van der Waals surface area contributed by atoms with Crippen LogP contribution in [0.3, 0.4) is 0 Å². The number of hydrazine groups is 1. The zero-order valence-corrected chi connectivity index (χ0v) is 26.0. The third-order valence-corrected chi connectivity index (χ3v) is 8.92. The van der Waals surface area contributed by atoms with Gasteiger partial charge in [-0.2, -0.15) is 0 Å². The quantitative estimate of drug-likeness (QED) is 0.102. The molecule has 2 saturated heterocycles. The summed E-state index contributed by atoms with van der Waals surface area (Å²) in [6.45, 7) is 10.1. The Morgan fingerprint density at radius 3 is 2.50 bits per heavy atom. The van der Waals surface area contributed by atoms with Gasteiger partial charge in [0.15, 0.2) is 12.1 Å². The number of Topliss-reactive ketones (excluding diaryl/α,β-unsaturated/α-hetero) is 1. The van der Waals surface area contributed by atoms with Gasteiger partial charge >= 0.3 is 0 Å². The van der Waals surface area contributed by atoms with E-state index in [-0.39, 0.29) is 17.6 Å². The van der Waals surface area contributed by atoms with Gasteiger partial charge in [0.1, 0.15) is 5.41 Å². The van der Waals surface area contributed by atoms with Crippen molar-refractivity contribution in [3.8, 4) is 0 Å². The molecule has 0 saturated carbocycles. The molecule has 42 heavy (non-hydrogen) atoms. The summed E-state index contributed by atoms with van der Waals surface area (Å²) in [5.41, 5.74) is 4.13. The van der Waals surface area contributed by atoms with Crippen LogP contribution < -0.4 is 22.1 Å². The predicted octanol–water partition coefficient (Wildman–Crippen LogP) is 4.68. The van der Waals surface area contributed by atoms with E-state index in [0.717, 1.165) is 31.5 Å². The Kier molecular flexibility index (Phi) is 13.2. The van der Waals surface area contributed by atoms with Crippen molar-refractivity contribution >= 4 is 23.7 Å². The van der Waals surface area contributed by atoms with Crippen LogP contribution in [-0.4, -0.2) is 43.6 Å². The van der Waals surface area contributed by atoms with Gasteiger partial charge in [-0.3, -0.25) is 19.8 Å². The van der Waals surface area contributed by atoms with Crippen LogP contribution in [-0.2, 0) is 24.0 Å². The smallest absolute Gasteiger partial charge is 0.247 e. The molecule has 5 N–H and O–H groups in total. The van der Waals surface area contributed by atoms with Gasteiger partial charge in [-0.05, 0) is 74.9 Å². The molecule has 2 amide bonds. The van der Waals surface area contributed by atoms with E-state index >= 15 is 4.79 Å². The lowest BCUT2D eigenvalue weighted by molar-refractivity contribution is -0.203. The summed E-state index contributed by atoms with van der Waals surface area (Å²) < 4.78 is 5.67. The van der Waals surface area contributed by atoms with Crippen molar-refractivity contribution in [2.75, 3.05) is 19.7 Å². The first-order valence-electron chi connectivity index (χ1n) is 15.7. The third kappa shape index (κ3) is 8.72. The minimum absolute atomic E-state index is 0.0660. The highest BCUT2D eigenvalue weighted by molar-refractivity contribution is 6.08. The standard InChI is InChI=1S/C33H52N4O5/c1-5-17-33(23-24(2)3,31(40)36-34)29(38)28(32(4)18-20-35-21-19-32)26(15-11-14-25-12-7-6-8-13-25)30(39)37-42-27-16-9-10-22-41-27/h6-8,11-14,24,26-28,35H,5,9-10,15-23,34H2,1-4H3,(H,36,40)(H,37,39)/b14-11+/t26-,27?,28-,33?/m0/s1. The molecule has 3 rings (SSSR count). The first-order chi connectivity index (χ1) is 20.2. The molecule has 0 aliphatic carbocycles. The molecule has 234 valence electrons. The maximum Gasteiger partial charge on any atom is 0.247 e.